The van der Waals surface area contributed by atoms with Gasteiger partial charge in [-0.2, -0.15) is 0 Å². The molecule has 1 aromatic rings. The second kappa shape index (κ2) is 6.03. The summed E-state index contributed by atoms with van der Waals surface area (Å²) in [5.74, 6) is 0.276. The van der Waals surface area contributed by atoms with E-state index >= 15 is 0 Å². The third-order valence-corrected chi connectivity index (χ3v) is 2.39. The van der Waals surface area contributed by atoms with Crippen molar-refractivity contribution >= 4 is 11.8 Å². The summed E-state index contributed by atoms with van der Waals surface area (Å²) in [4.78, 5) is 29.7. The summed E-state index contributed by atoms with van der Waals surface area (Å²) < 4.78 is 0. The molecule has 1 rings (SSSR count). The monoisotopic (exact) mass is 238 g/mol. The molecule has 17 heavy (non-hydrogen) atoms. The van der Waals surface area contributed by atoms with Crippen LogP contribution in [-0.2, 0) is 9.59 Å². The van der Waals surface area contributed by atoms with Crippen molar-refractivity contribution in [2.45, 2.75) is 39.3 Å². The lowest BCUT2D eigenvalue weighted by molar-refractivity contribution is -0.128. The van der Waals surface area contributed by atoms with Gasteiger partial charge in [0, 0.05) is 19.3 Å². The first kappa shape index (κ1) is 13.2. The van der Waals surface area contributed by atoms with Crippen LogP contribution in [0.15, 0.2) is 12.4 Å². The molecule has 0 fully saturated rings. The van der Waals surface area contributed by atoms with Gasteiger partial charge in [-0.15, -0.1) is 0 Å². The van der Waals surface area contributed by atoms with Gasteiger partial charge < -0.3 is 15.6 Å². The summed E-state index contributed by atoms with van der Waals surface area (Å²) in [6.45, 7) is 4.98. The Kier molecular flexibility index (Phi) is 4.68. The second-order valence-electron chi connectivity index (χ2n) is 3.87. The number of H-pyrrole nitrogens is 1. The van der Waals surface area contributed by atoms with E-state index < -0.39 is 6.04 Å². The molecule has 94 valence electrons. The number of nitrogens with one attached hydrogen (secondary N) is 3. The largest absolute Gasteiger partial charge is 0.347 e. The minimum atomic E-state index is -0.545. The van der Waals surface area contributed by atoms with Crippen molar-refractivity contribution in [3.63, 3.8) is 0 Å². The Bertz CT molecular complexity index is 375. The van der Waals surface area contributed by atoms with Gasteiger partial charge in [0.1, 0.15) is 11.9 Å². The SMILES string of the molecule is CCC(NC(=O)C(C)NC(C)=O)c1ncc[nH]1. The van der Waals surface area contributed by atoms with Gasteiger partial charge in [0.15, 0.2) is 0 Å². The van der Waals surface area contributed by atoms with Gasteiger partial charge in [0.05, 0.1) is 6.04 Å². The average molecular weight is 238 g/mol. The molecule has 0 aliphatic rings. The third-order valence-electron chi connectivity index (χ3n) is 2.39. The molecule has 1 aromatic heterocycles. The molecule has 6 heteroatoms. The number of hydrogen-bond donors (Lipinski definition) is 3. The number of aromatic nitrogens is 2. The quantitative estimate of drug-likeness (QED) is 0.698. The van der Waals surface area contributed by atoms with Crippen molar-refractivity contribution in [2.24, 2.45) is 0 Å². The van der Waals surface area contributed by atoms with Crippen LogP contribution in [-0.4, -0.2) is 27.8 Å². The van der Waals surface area contributed by atoms with Crippen LogP contribution < -0.4 is 10.6 Å². The normalized spacial score (nSPS) is 13.8. The van der Waals surface area contributed by atoms with Crippen LogP contribution in [0.2, 0.25) is 0 Å². The lowest BCUT2D eigenvalue weighted by Crippen LogP contribution is -2.45. The van der Waals surface area contributed by atoms with E-state index in [1.807, 2.05) is 6.92 Å². The fraction of sp³-hybridized carbons (Fsp3) is 0.545. The number of nitrogens with zero attached hydrogens (tertiary/aromatic N) is 1. The van der Waals surface area contributed by atoms with Gasteiger partial charge in [0.25, 0.3) is 0 Å². The molecule has 0 aliphatic carbocycles. The molecule has 0 aliphatic heterocycles. The molecule has 0 bridgehead atoms. The smallest absolute Gasteiger partial charge is 0.242 e. The summed E-state index contributed by atoms with van der Waals surface area (Å²) in [5.41, 5.74) is 0. The van der Waals surface area contributed by atoms with Gasteiger partial charge in [0.2, 0.25) is 11.8 Å². The number of hydrogen-bond acceptors (Lipinski definition) is 3. The van der Waals surface area contributed by atoms with Crippen LogP contribution in [0.4, 0.5) is 0 Å². The standard InChI is InChI=1S/C11H18N4O2/c1-4-9(10-12-5-6-13-10)15-11(17)7(2)14-8(3)16/h5-7,9H,4H2,1-3H3,(H,12,13)(H,14,16)(H,15,17). The lowest BCUT2D eigenvalue weighted by atomic mass is 10.2. The Balaban J connectivity index is 2.57. The first-order valence-corrected chi connectivity index (χ1v) is 5.61. The molecule has 2 unspecified atom stereocenters. The number of imidazole rings is 1. The van der Waals surface area contributed by atoms with Gasteiger partial charge in [-0.1, -0.05) is 6.92 Å². The van der Waals surface area contributed by atoms with Gasteiger partial charge in [-0.25, -0.2) is 4.98 Å². The van der Waals surface area contributed by atoms with Crippen LogP contribution >= 0.6 is 0 Å². The highest BCUT2D eigenvalue weighted by Gasteiger charge is 2.19. The molecule has 1 heterocycles. The zero-order chi connectivity index (χ0) is 12.8. The molecule has 0 saturated heterocycles. The van der Waals surface area contributed by atoms with E-state index in [4.69, 9.17) is 0 Å². The lowest BCUT2D eigenvalue weighted by Gasteiger charge is -2.18. The van der Waals surface area contributed by atoms with Crippen LogP contribution in [0.5, 0.6) is 0 Å². The van der Waals surface area contributed by atoms with E-state index in [-0.39, 0.29) is 17.9 Å². The molecule has 3 N–H and O–H groups in total. The molecule has 0 radical (unpaired) electrons. The zero-order valence-corrected chi connectivity index (χ0v) is 10.3. The highest BCUT2D eigenvalue weighted by Crippen LogP contribution is 2.11. The number of rotatable bonds is 5. The van der Waals surface area contributed by atoms with Crippen molar-refractivity contribution in [1.29, 1.82) is 0 Å². The van der Waals surface area contributed by atoms with Crippen LogP contribution in [0, 0.1) is 0 Å². The summed E-state index contributed by atoms with van der Waals surface area (Å²) in [6, 6.07) is -0.703. The molecule has 2 amide bonds. The topological polar surface area (TPSA) is 86.9 Å². The number of carbonyl (C=O) groups excluding carboxylic acids is 2. The average Bonchev–Trinajstić information content (AvgIpc) is 2.77. The third kappa shape index (κ3) is 3.90. The van der Waals surface area contributed by atoms with E-state index in [9.17, 15) is 9.59 Å². The fourth-order valence-corrected chi connectivity index (χ4v) is 1.50. The summed E-state index contributed by atoms with van der Waals surface area (Å²) in [6.07, 6.45) is 4.08. The predicted molar refractivity (Wildman–Crippen MR) is 63.0 cm³/mol. The first-order valence-electron chi connectivity index (χ1n) is 5.61. The van der Waals surface area contributed by atoms with Gasteiger partial charge >= 0.3 is 0 Å². The Hall–Kier alpha value is -1.85. The highest BCUT2D eigenvalue weighted by atomic mass is 16.2. The highest BCUT2D eigenvalue weighted by molar-refractivity contribution is 5.86. The molecular weight excluding hydrogens is 220 g/mol. The molecule has 2 atom stereocenters. The van der Waals surface area contributed by atoms with E-state index in [1.54, 1.807) is 19.3 Å². The molecule has 0 saturated carbocycles. The van der Waals surface area contributed by atoms with E-state index in [2.05, 4.69) is 20.6 Å². The van der Waals surface area contributed by atoms with Crippen molar-refractivity contribution < 1.29 is 9.59 Å². The summed E-state index contributed by atoms with van der Waals surface area (Å²) in [7, 11) is 0. The van der Waals surface area contributed by atoms with Crippen LogP contribution in [0.3, 0.4) is 0 Å². The molecular formula is C11H18N4O2. The molecule has 0 aromatic carbocycles. The minimum absolute atomic E-state index is 0.159. The van der Waals surface area contributed by atoms with Crippen LogP contribution in [0.1, 0.15) is 39.1 Å². The number of carbonyl (C=O) groups is 2. The van der Waals surface area contributed by atoms with E-state index in [0.29, 0.717) is 0 Å². The van der Waals surface area contributed by atoms with E-state index in [1.165, 1.54) is 6.92 Å². The molecule has 6 nitrogen and oxygen atoms in total. The predicted octanol–water partition coefficient (Wildman–Crippen LogP) is 0.502. The summed E-state index contributed by atoms with van der Waals surface area (Å²) >= 11 is 0. The number of aromatic amines is 1. The molecule has 0 spiro atoms. The van der Waals surface area contributed by atoms with Crippen molar-refractivity contribution in [2.75, 3.05) is 0 Å². The fourth-order valence-electron chi connectivity index (χ4n) is 1.50. The Labute approximate surface area is 100 Å². The maximum absolute atomic E-state index is 11.8. The van der Waals surface area contributed by atoms with Gasteiger partial charge in [-0.05, 0) is 13.3 Å². The van der Waals surface area contributed by atoms with Crippen molar-refractivity contribution in [3.05, 3.63) is 18.2 Å². The second-order valence-corrected chi connectivity index (χ2v) is 3.87. The maximum atomic E-state index is 11.8. The Morgan fingerprint density at radius 1 is 1.47 bits per heavy atom. The van der Waals surface area contributed by atoms with Crippen molar-refractivity contribution in [3.8, 4) is 0 Å². The Morgan fingerprint density at radius 2 is 2.18 bits per heavy atom. The minimum Gasteiger partial charge on any atom is -0.347 e. The maximum Gasteiger partial charge on any atom is 0.242 e. The summed E-state index contributed by atoms with van der Waals surface area (Å²) in [5, 5.41) is 5.36. The zero-order valence-electron chi connectivity index (χ0n) is 10.3. The van der Waals surface area contributed by atoms with Crippen molar-refractivity contribution in [1.82, 2.24) is 20.6 Å². The first-order chi connectivity index (χ1) is 8.04. The number of amides is 2. The Morgan fingerprint density at radius 3 is 2.65 bits per heavy atom. The van der Waals surface area contributed by atoms with Crippen LogP contribution in [0.25, 0.3) is 0 Å². The van der Waals surface area contributed by atoms with E-state index in [0.717, 1.165) is 12.2 Å². The van der Waals surface area contributed by atoms with Gasteiger partial charge in [-0.3, -0.25) is 9.59 Å².